The number of piperidine rings is 1. The highest BCUT2D eigenvalue weighted by molar-refractivity contribution is 6.31. The molecule has 1 aliphatic rings. The highest BCUT2D eigenvalue weighted by atomic mass is 35.5. The minimum Gasteiger partial charge on any atom is -0.343 e. The molecule has 1 aromatic carbocycles. The maximum absolute atomic E-state index is 11.2. The molecule has 1 N–H and O–H groups in total. The Balaban J connectivity index is 1.79. The Morgan fingerprint density at radius 2 is 2.06 bits per heavy atom. The second-order valence-corrected chi connectivity index (χ2v) is 5.16. The number of nitrogens with zero attached hydrogens (tertiary/aromatic N) is 1. The normalized spacial score (nSPS) is 16.9. The molecule has 3 nitrogen and oxygen atoms in total. The van der Waals surface area contributed by atoms with Crippen molar-refractivity contribution in [1.82, 2.24) is 10.2 Å². The van der Waals surface area contributed by atoms with E-state index in [9.17, 15) is 4.79 Å². The van der Waals surface area contributed by atoms with E-state index in [4.69, 9.17) is 11.6 Å². The van der Waals surface area contributed by atoms with Crippen molar-refractivity contribution in [2.24, 2.45) is 0 Å². The van der Waals surface area contributed by atoms with Crippen LogP contribution in [0.15, 0.2) is 24.3 Å². The van der Waals surface area contributed by atoms with Gasteiger partial charge in [-0.1, -0.05) is 29.8 Å². The van der Waals surface area contributed by atoms with E-state index in [0.29, 0.717) is 6.04 Å². The van der Waals surface area contributed by atoms with E-state index in [-0.39, 0.29) is 5.91 Å². The number of halogens is 1. The van der Waals surface area contributed by atoms with Crippen molar-refractivity contribution in [2.75, 3.05) is 13.1 Å². The van der Waals surface area contributed by atoms with E-state index in [1.807, 2.05) is 29.2 Å². The Kier molecular flexibility index (Phi) is 4.61. The van der Waals surface area contributed by atoms with Crippen LogP contribution in [0.25, 0.3) is 0 Å². The van der Waals surface area contributed by atoms with Gasteiger partial charge in [-0.25, -0.2) is 0 Å². The zero-order valence-electron chi connectivity index (χ0n) is 10.7. The fraction of sp³-hybridized carbons (Fsp3) is 0.500. The standard InChI is InChI=1S/C14H19ClN2O/c1-11(18)17-8-6-13(7-9-17)16-10-12-4-2-3-5-14(12)15/h2-5,13,16H,6-10H2,1H3. The first-order valence-electron chi connectivity index (χ1n) is 6.39. The predicted molar refractivity (Wildman–Crippen MR) is 73.6 cm³/mol. The summed E-state index contributed by atoms with van der Waals surface area (Å²) in [5, 5.41) is 4.33. The molecule has 1 fully saturated rings. The zero-order valence-corrected chi connectivity index (χ0v) is 11.4. The molecular formula is C14H19ClN2O. The van der Waals surface area contributed by atoms with Crippen LogP contribution in [0.5, 0.6) is 0 Å². The summed E-state index contributed by atoms with van der Waals surface area (Å²) in [5.41, 5.74) is 1.13. The van der Waals surface area contributed by atoms with Crippen molar-refractivity contribution >= 4 is 17.5 Å². The third kappa shape index (κ3) is 3.47. The monoisotopic (exact) mass is 266 g/mol. The van der Waals surface area contributed by atoms with Gasteiger partial charge in [-0.05, 0) is 24.5 Å². The van der Waals surface area contributed by atoms with Gasteiger partial charge in [-0.3, -0.25) is 4.79 Å². The van der Waals surface area contributed by atoms with Crippen LogP contribution < -0.4 is 5.32 Å². The molecule has 1 heterocycles. The van der Waals surface area contributed by atoms with Gasteiger partial charge in [0.05, 0.1) is 0 Å². The number of carbonyl (C=O) groups excluding carboxylic acids is 1. The van der Waals surface area contributed by atoms with E-state index < -0.39 is 0 Å². The minimum atomic E-state index is 0.180. The molecule has 98 valence electrons. The van der Waals surface area contributed by atoms with Crippen LogP contribution in [-0.4, -0.2) is 29.9 Å². The van der Waals surface area contributed by atoms with Gasteiger partial charge in [0.1, 0.15) is 0 Å². The molecule has 4 heteroatoms. The molecule has 18 heavy (non-hydrogen) atoms. The van der Waals surface area contributed by atoms with Gasteiger partial charge in [-0.15, -0.1) is 0 Å². The number of rotatable bonds is 3. The lowest BCUT2D eigenvalue weighted by atomic mass is 10.0. The lowest BCUT2D eigenvalue weighted by molar-refractivity contribution is -0.129. The van der Waals surface area contributed by atoms with Crippen LogP contribution in [0.1, 0.15) is 25.3 Å². The molecule has 0 bridgehead atoms. The summed E-state index contributed by atoms with van der Waals surface area (Å²) in [6, 6.07) is 8.38. The Morgan fingerprint density at radius 1 is 1.39 bits per heavy atom. The van der Waals surface area contributed by atoms with E-state index in [1.54, 1.807) is 6.92 Å². The first kappa shape index (κ1) is 13.4. The Hall–Kier alpha value is -1.06. The van der Waals surface area contributed by atoms with Gasteiger partial charge in [0.15, 0.2) is 0 Å². The van der Waals surface area contributed by atoms with Crippen molar-refractivity contribution in [3.63, 3.8) is 0 Å². The maximum atomic E-state index is 11.2. The number of nitrogens with one attached hydrogen (secondary N) is 1. The third-order valence-corrected chi connectivity index (χ3v) is 3.85. The van der Waals surface area contributed by atoms with E-state index in [2.05, 4.69) is 5.32 Å². The topological polar surface area (TPSA) is 32.3 Å². The highest BCUT2D eigenvalue weighted by Crippen LogP contribution is 2.16. The first-order chi connectivity index (χ1) is 8.66. The molecule has 0 saturated carbocycles. The minimum absolute atomic E-state index is 0.180. The van der Waals surface area contributed by atoms with Gasteiger partial charge in [0.25, 0.3) is 0 Å². The van der Waals surface area contributed by atoms with Crippen LogP contribution in [0, 0.1) is 0 Å². The van der Waals surface area contributed by atoms with Crippen LogP contribution in [0.4, 0.5) is 0 Å². The SMILES string of the molecule is CC(=O)N1CCC(NCc2ccccc2Cl)CC1. The van der Waals surface area contributed by atoms with Crippen LogP contribution in [0.3, 0.4) is 0 Å². The van der Waals surface area contributed by atoms with Gasteiger partial charge in [-0.2, -0.15) is 0 Å². The molecule has 0 atom stereocenters. The summed E-state index contributed by atoms with van der Waals surface area (Å²) in [4.78, 5) is 13.1. The highest BCUT2D eigenvalue weighted by Gasteiger charge is 2.20. The molecule has 1 saturated heterocycles. The summed E-state index contributed by atoms with van der Waals surface area (Å²) in [6.07, 6.45) is 2.04. The zero-order chi connectivity index (χ0) is 13.0. The van der Waals surface area contributed by atoms with Crippen LogP contribution >= 0.6 is 11.6 Å². The molecule has 0 radical (unpaired) electrons. The van der Waals surface area contributed by atoms with E-state index >= 15 is 0 Å². The molecule has 0 spiro atoms. The molecule has 0 unspecified atom stereocenters. The van der Waals surface area contributed by atoms with E-state index in [0.717, 1.165) is 43.1 Å². The molecule has 1 aromatic rings. The Bertz CT molecular complexity index is 414. The summed E-state index contributed by atoms with van der Waals surface area (Å²) in [7, 11) is 0. The van der Waals surface area contributed by atoms with Crippen molar-refractivity contribution in [1.29, 1.82) is 0 Å². The molecule has 1 aliphatic heterocycles. The quantitative estimate of drug-likeness (QED) is 0.911. The predicted octanol–water partition coefficient (Wildman–Crippen LogP) is 2.44. The van der Waals surface area contributed by atoms with Gasteiger partial charge < -0.3 is 10.2 Å². The van der Waals surface area contributed by atoms with Gasteiger partial charge in [0, 0.05) is 37.6 Å². The largest absolute Gasteiger partial charge is 0.343 e. The first-order valence-corrected chi connectivity index (χ1v) is 6.77. The number of amides is 1. The van der Waals surface area contributed by atoms with Crippen molar-refractivity contribution < 1.29 is 4.79 Å². The average molecular weight is 267 g/mol. The summed E-state index contributed by atoms with van der Waals surface area (Å²) < 4.78 is 0. The number of hydrogen-bond donors (Lipinski definition) is 1. The summed E-state index contributed by atoms with van der Waals surface area (Å²) >= 11 is 6.11. The van der Waals surface area contributed by atoms with Crippen LogP contribution in [0.2, 0.25) is 5.02 Å². The lowest BCUT2D eigenvalue weighted by Crippen LogP contribution is -2.43. The molecule has 0 aliphatic carbocycles. The van der Waals surface area contributed by atoms with Gasteiger partial charge >= 0.3 is 0 Å². The molecule has 1 amide bonds. The summed E-state index contributed by atoms with van der Waals surface area (Å²) in [5.74, 6) is 0.180. The number of hydrogen-bond acceptors (Lipinski definition) is 2. The Morgan fingerprint density at radius 3 is 2.67 bits per heavy atom. The number of carbonyl (C=O) groups is 1. The summed E-state index contributed by atoms with van der Waals surface area (Å²) in [6.45, 7) is 4.15. The smallest absolute Gasteiger partial charge is 0.219 e. The number of benzene rings is 1. The fourth-order valence-corrected chi connectivity index (χ4v) is 2.50. The third-order valence-electron chi connectivity index (χ3n) is 3.48. The maximum Gasteiger partial charge on any atom is 0.219 e. The van der Waals surface area contributed by atoms with Gasteiger partial charge in [0.2, 0.25) is 5.91 Å². The fourth-order valence-electron chi connectivity index (χ4n) is 2.29. The molecule has 2 rings (SSSR count). The van der Waals surface area contributed by atoms with Crippen LogP contribution in [-0.2, 0) is 11.3 Å². The van der Waals surface area contributed by atoms with Crippen molar-refractivity contribution in [3.8, 4) is 0 Å². The lowest BCUT2D eigenvalue weighted by Gasteiger charge is -2.31. The Labute approximate surface area is 113 Å². The van der Waals surface area contributed by atoms with E-state index in [1.165, 1.54) is 0 Å². The molecule has 0 aromatic heterocycles. The second kappa shape index (κ2) is 6.21. The van der Waals surface area contributed by atoms with Crippen molar-refractivity contribution in [3.05, 3.63) is 34.9 Å². The van der Waals surface area contributed by atoms with Crippen molar-refractivity contribution in [2.45, 2.75) is 32.4 Å². The molecular weight excluding hydrogens is 248 g/mol. The average Bonchev–Trinajstić information content (AvgIpc) is 2.38. The second-order valence-electron chi connectivity index (χ2n) is 4.75. The number of likely N-dealkylation sites (tertiary alicyclic amines) is 1.